The summed E-state index contributed by atoms with van der Waals surface area (Å²) in [4.78, 5) is 18.9. The average molecular weight is 293 g/mol. The molecule has 5 heteroatoms. The number of hydrogen-bond acceptors (Lipinski definition) is 4. The summed E-state index contributed by atoms with van der Waals surface area (Å²) in [7, 11) is 0. The minimum absolute atomic E-state index is 0.249. The summed E-state index contributed by atoms with van der Waals surface area (Å²) in [5.41, 5.74) is 1.42. The maximum absolute atomic E-state index is 12.3. The van der Waals surface area contributed by atoms with Crippen LogP contribution in [0.3, 0.4) is 0 Å². The summed E-state index contributed by atoms with van der Waals surface area (Å²) >= 11 is 1.66. The fourth-order valence-corrected chi connectivity index (χ4v) is 4.06. The summed E-state index contributed by atoms with van der Waals surface area (Å²) in [5.74, 6) is 0.249. The molecule has 2 fully saturated rings. The number of nitrogens with zero attached hydrogens (tertiary/aromatic N) is 2. The van der Waals surface area contributed by atoms with E-state index in [1.165, 1.54) is 6.42 Å². The van der Waals surface area contributed by atoms with Crippen LogP contribution in [-0.2, 0) is 17.6 Å². The molecule has 2 saturated heterocycles. The smallest absolute Gasteiger partial charge is 0.228 e. The number of carbonyl (C=O) groups is 1. The first-order valence-electron chi connectivity index (χ1n) is 7.62. The van der Waals surface area contributed by atoms with Gasteiger partial charge in [0.2, 0.25) is 5.91 Å². The van der Waals surface area contributed by atoms with E-state index in [9.17, 15) is 4.79 Å². The van der Waals surface area contributed by atoms with Gasteiger partial charge in [-0.25, -0.2) is 4.98 Å². The second-order valence-corrected chi connectivity index (χ2v) is 7.01. The Morgan fingerprint density at radius 3 is 2.85 bits per heavy atom. The third-order valence-corrected chi connectivity index (χ3v) is 5.78. The summed E-state index contributed by atoms with van der Waals surface area (Å²) < 4.78 is 0. The van der Waals surface area contributed by atoms with Crippen molar-refractivity contribution in [3.8, 4) is 0 Å². The standard InChI is InChI=1S/C15H23N3OS/c1-2-13-17-12(10-20-13)9-14(19)18-7-4-15(5-8-18)3-6-16-11-15/h10,16H,2-9,11H2,1H3. The Hall–Kier alpha value is -0.940. The monoisotopic (exact) mass is 293 g/mol. The molecule has 0 bridgehead atoms. The Balaban J connectivity index is 1.53. The Kier molecular flexibility index (Phi) is 4.08. The van der Waals surface area contributed by atoms with Gasteiger partial charge in [-0.2, -0.15) is 0 Å². The Bertz CT molecular complexity index is 469. The number of nitrogens with one attached hydrogen (secondary N) is 1. The van der Waals surface area contributed by atoms with Crippen molar-refractivity contribution >= 4 is 17.2 Å². The molecule has 1 amide bonds. The van der Waals surface area contributed by atoms with Gasteiger partial charge >= 0.3 is 0 Å². The summed E-state index contributed by atoms with van der Waals surface area (Å²) in [6.07, 6.45) is 5.02. The second-order valence-electron chi connectivity index (χ2n) is 6.07. The van der Waals surface area contributed by atoms with Crippen LogP contribution in [0.1, 0.15) is 36.9 Å². The molecular formula is C15H23N3OS. The summed E-state index contributed by atoms with van der Waals surface area (Å²) in [6, 6.07) is 0. The molecule has 0 aromatic carbocycles. The fraction of sp³-hybridized carbons (Fsp3) is 0.733. The third kappa shape index (κ3) is 2.88. The largest absolute Gasteiger partial charge is 0.342 e. The first-order valence-corrected chi connectivity index (χ1v) is 8.50. The van der Waals surface area contributed by atoms with Gasteiger partial charge in [0, 0.05) is 25.0 Å². The molecule has 0 aliphatic carbocycles. The lowest BCUT2D eigenvalue weighted by atomic mass is 9.78. The van der Waals surface area contributed by atoms with Crippen LogP contribution in [0.5, 0.6) is 0 Å². The van der Waals surface area contributed by atoms with E-state index in [0.717, 1.165) is 56.1 Å². The molecule has 3 rings (SSSR count). The van der Waals surface area contributed by atoms with E-state index in [4.69, 9.17) is 0 Å². The number of likely N-dealkylation sites (tertiary alicyclic amines) is 1. The normalized spacial score (nSPS) is 21.6. The molecule has 20 heavy (non-hydrogen) atoms. The molecule has 0 radical (unpaired) electrons. The van der Waals surface area contributed by atoms with Crippen LogP contribution in [0.2, 0.25) is 0 Å². The second kappa shape index (κ2) is 5.82. The molecule has 0 unspecified atom stereocenters. The van der Waals surface area contributed by atoms with Crippen molar-refractivity contribution < 1.29 is 4.79 Å². The van der Waals surface area contributed by atoms with E-state index in [1.807, 2.05) is 10.3 Å². The number of piperidine rings is 1. The Labute approximate surface area is 124 Å². The van der Waals surface area contributed by atoms with Gasteiger partial charge in [0.25, 0.3) is 0 Å². The number of aryl methyl sites for hydroxylation is 1. The maximum atomic E-state index is 12.3. The number of aromatic nitrogens is 1. The number of amides is 1. The van der Waals surface area contributed by atoms with Crippen molar-refractivity contribution in [1.29, 1.82) is 0 Å². The molecule has 1 N–H and O–H groups in total. The molecule has 1 aromatic rings. The van der Waals surface area contributed by atoms with Crippen LogP contribution in [0, 0.1) is 5.41 Å². The molecular weight excluding hydrogens is 270 g/mol. The highest BCUT2D eigenvalue weighted by atomic mass is 32.1. The SMILES string of the molecule is CCc1nc(CC(=O)N2CCC3(CCNC3)CC2)cs1. The van der Waals surface area contributed by atoms with Crippen LogP contribution >= 0.6 is 11.3 Å². The lowest BCUT2D eigenvalue weighted by Crippen LogP contribution is -2.44. The lowest BCUT2D eigenvalue weighted by Gasteiger charge is -2.38. The zero-order valence-electron chi connectivity index (χ0n) is 12.2. The van der Waals surface area contributed by atoms with Crippen molar-refractivity contribution in [2.24, 2.45) is 5.41 Å². The molecule has 1 spiro atoms. The van der Waals surface area contributed by atoms with Crippen molar-refractivity contribution in [2.45, 2.75) is 39.0 Å². The van der Waals surface area contributed by atoms with Crippen LogP contribution in [-0.4, -0.2) is 42.0 Å². The van der Waals surface area contributed by atoms with Gasteiger partial charge in [-0.3, -0.25) is 4.79 Å². The molecule has 3 heterocycles. The van der Waals surface area contributed by atoms with E-state index in [1.54, 1.807) is 11.3 Å². The van der Waals surface area contributed by atoms with Gasteiger partial charge < -0.3 is 10.2 Å². The average Bonchev–Trinajstić information content (AvgIpc) is 3.09. The van der Waals surface area contributed by atoms with Crippen LogP contribution < -0.4 is 5.32 Å². The van der Waals surface area contributed by atoms with Crippen LogP contribution in [0.25, 0.3) is 0 Å². The summed E-state index contributed by atoms with van der Waals surface area (Å²) in [6.45, 7) is 6.23. The molecule has 0 saturated carbocycles. The predicted molar refractivity (Wildman–Crippen MR) is 80.9 cm³/mol. The van der Waals surface area contributed by atoms with E-state index in [0.29, 0.717) is 11.8 Å². The van der Waals surface area contributed by atoms with Gasteiger partial charge in [0.15, 0.2) is 0 Å². The molecule has 1 aromatic heterocycles. The van der Waals surface area contributed by atoms with Crippen LogP contribution in [0.15, 0.2) is 5.38 Å². The fourth-order valence-electron chi connectivity index (χ4n) is 3.31. The van der Waals surface area contributed by atoms with Gasteiger partial charge in [-0.1, -0.05) is 6.92 Å². The van der Waals surface area contributed by atoms with E-state index < -0.39 is 0 Å². The molecule has 2 aliphatic rings. The Morgan fingerprint density at radius 1 is 1.45 bits per heavy atom. The molecule has 110 valence electrons. The third-order valence-electron chi connectivity index (χ3n) is 4.74. The highest BCUT2D eigenvalue weighted by molar-refractivity contribution is 7.09. The number of thiazole rings is 1. The zero-order chi connectivity index (χ0) is 14.0. The quantitative estimate of drug-likeness (QED) is 0.925. The summed E-state index contributed by atoms with van der Waals surface area (Å²) in [5, 5.41) is 6.62. The zero-order valence-corrected chi connectivity index (χ0v) is 13.0. The topological polar surface area (TPSA) is 45.2 Å². The number of rotatable bonds is 3. The van der Waals surface area contributed by atoms with E-state index in [-0.39, 0.29) is 5.91 Å². The van der Waals surface area contributed by atoms with Crippen LogP contribution in [0.4, 0.5) is 0 Å². The van der Waals surface area contributed by atoms with Crippen molar-refractivity contribution in [2.75, 3.05) is 26.2 Å². The van der Waals surface area contributed by atoms with Crippen molar-refractivity contribution in [3.63, 3.8) is 0 Å². The van der Waals surface area contributed by atoms with Gasteiger partial charge in [-0.15, -0.1) is 11.3 Å². The maximum Gasteiger partial charge on any atom is 0.228 e. The molecule has 4 nitrogen and oxygen atoms in total. The first kappa shape index (κ1) is 14.0. The number of hydrogen-bond donors (Lipinski definition) is 1. The predicted octanol–water partition coefficient (Wildman–Crippen LogP) is 1.85. The molecule has 2 aliphatic heterocycles. The van der Waals surface area contributed by atoms with Crippen molar-refractivity contribution in [3.05, 3.63) is 16.1 Å². The molecule has 0 atom stereocenters. The van der Waals surface area contributed by atoms with Gasteiger partial charge in [0.1, 0.15) is 0 Å². The first-order chi connectivity index (χ1) is 9.71. The van der Waals surface area contributed by atoms with E-state index in [2.05, 4.69) is 17.2 Å². The Morgan fingerprint density at radius 2 is 2.25 bits per heavy atom. The minimum Gasteiger partial charge on any atom is -0.342 e. The lowest BCUT2D eigenvalue weighted by molar-refractivity contribution is -0.132. The minimum atomic E-state index is 0.249. The highest BCUT2D eigenvalue weighted by Crippen LogP contribution is 2.36. The van der Waals surface area contributed by atoms with Gasteiger partial charge in [0.05, 0.1) is 17.1 Å². The van der Waals surface area contributed by atoms with Crippen molar-refractivity contribution in [1.82, 2.24) is 15.2 Å². The van der Waals surface area contributed by atoms with Gasteiger partial charge in [-0.05, 0) is 37.6 Å². The number of carbonyl (C=O) groups excluding carboxylic acids is 1. The highest BCUT2D eigenvalue weighted by Gasteiger charge is 2.37. The van der Waals surface area contributed by atoms with E-state index >= 15 is 0 Å².